The number of urea groups is 1. The summed E-state index contributed by atoms with van der Waals surface area (Å²) in [6, 6.07) is 4.23. The molecule has 3 heterocycles. The molecule has 0 saturated carbocycles. The summed E-state index contributed by atoms with van der Waals surface area (Å²) in [4.78, 5) is 27.8. The molecule has 1 aromatic carbocycles. The van der Waals surface area contributed by atoms with Crippen LogP contribution in [0.4, 0.5) is 4.79 Å². The fourth-order valence-electron chi connectivity index (χ4n) is 4.54. The highest BCUT2D eigenvalue weighted by atomic mass is 16.7. The molecule has 0 unspecified atom stereocenters. The number of hydrogen-bond acceptors (Lipinski definition) is 8. The Labute approximate surface area is 193 Å². The first kappa shape index (κ1) is 23.3. The van der Waals surface area contributed by atoms with E-state index in [1.165, 1.54) is 7.11 Å². The van der Waals surface area contributed by atoms with Crippen molar-refractivity contribution in [1.82, 2.24) is 15.5 Å². The normalized spacial score (nSPS) is 22.6. The van der Waals surface area contributed by atoms with Crippen LogP contribution in [0.15, 0.2) is 29.5 Å². The second-order valence-corrected chi connectivity index (χ2v) is 8.14. The van der Waals surface area contributed by atoms with E-state index in [1.54, 1.807) is 32.2 Å². The van der Waals surface area contributed by atoms with Crippen molar-refractivity contribution in [3.8, 4) is 11.5 Å². The second kappa shape index (κ2) is 9.98. The zero-order valence-corrected chi connectivity index (χ0v) is 19.3. The van der Waals surface area contributed by atoms with Gasteiger partial charge in [-0.3, -0.25) is 4.90 Å². The van der Waals surface area contributed by atoms with Crippen LogP contribution in [0.2, 0.25) is 0 Å². The zero-order valence-electron chi connectivity index (χ0n) is 19.3. The fourth-order valence-corrected chi connectivity index (χ4v) is 4.54. The number of nitrogens with one attached hydrogen (secondary N) is 2. The van der Waals surface area contributed by atoms with Crippen LogP contribution in [0.1, 0.15) is 31.4 Å². The maximum atomic E-state index is 13.0. The van der Waals surface area contributed by atoms with E-state index in [0.29, 0.717) is 48.1 Å². The molecule has 10 heteroatoms. The minimum Gasteiger partial charge on any atom is -0.493 e. The highest BCUT2D eigenvalue weighted by Crippen LogP contribution is 2.35. The third kappa shape index (κ3) is 4.92. The summed E-state index contributed by atoms with van der Waals surface area (Å²) in [5, 5.41) is 5.69. The van der Waals surface area contributed by atoms with Gasteiger partial charge in [0.25, 0.3) is 0 Å². The largest absolute Gasteiger partial charge is 0.493 e. The number of nitrogens with zero attached hydrogens (tertiary/aromatic N) is 1. The van der Waals surface area contributed by atoms with Crippen molar-refractivity contribution in [2.45, 2.75) is 31.6 Å². The van der Waals surface area contributed by atoms with Crippen LogP contribution in [0.25, 0.3) is 0 Å². The minimum atomic E-state index is -0.690. The molecule has 0 aromatic heterocycles. The summed E-state index contributed by atoms with van der Waals surface area (Å²) in [6.07, 6.45) is 1.47. The van der Waals surface area contributed by atoms with Crippen molar-refractivity contribution in [1.29, 1.82) is 0 Å². The third-order valence-corrected chi connectivity index (χ3v) is 6.20. The number of esters is 1. The lowest BCUT2D eigenvalue weighted by molar-refractivity contribution is -0.184. The van der Waals surface area contributed by atoms with Gasteiger partial charge in [-0.2, -0.15) is 0 Å². The number of methoxy groups -OCH3 is 2. The Morgan fingerprint density at radius 2 is 1.85 bits per heavy atom. The van der Waals surface area contributed by atoms with E-state index >= 15 is 0 Å². The van der Waals surface area contributed by atoms with E-state index in [1.807, 2.05) is 0 Å². The summed E-state index contributed by atoms with van der Waals surface area (Å²) >= 11 is 0. The third-order valence-electron chi connectivity index (χ3n) is 6.20. The van der Waals surface area contributed by atoms with Crippen LogP contribution in [0, 0.1) is 0 Å². The molecule has 1 atom stereocenters. The second-order valence-electron chi connectivity index (χ2n) is 8.14. The number of carbonyl (C=O) groups excluding carboxylic acids is 2. The van der Waals surface area contributed by atoms with Gasteiger partial charge in [-0.1, -0.05) is 6.07 Å². The molecule has 1 aromatic rings. The van der Waals surface area contributed by atoms with Crippen LogP contribution in [0.3, 0.4) is 0 Å². The number of carbonyl (C=O) groups is 2. The van der Waals surface area contributed by atoms with E-state index in [2.05, 4.69) is 15.5 Å². The van der Waals surface area contributed by atoms with E-state index in [0.717, 1.165) is 25.9 Å². The number of benzene rings is 1. The molecule has 2 amide bonds. The molecule has 180 valence electrons. The van der Waals surface area contributed by atoms with Crippen LogP contribution >= 0.6 is 0 Å². The minimum absolute atomic E-state index is 0.225. The smallest absolute Gasteiger partial charge is 0.338 e. The van der Waals surface area contributed by atoms with E-state index in [9.17, 15) is 9.59 Å². The van der Waals surface area contributed by atoms with Crippen molar-refractivity contribution >= 4 is 12.0 Å². The Balaban J connectivity index is 1.63. The maximum absolute atomic E-state index is 13.0. The van der Waals surface area contributed by atoms with Gasteiger partial charge in [-0.05, 0) is 24.6 Å². The number of piperidine rings is 1. The van der Waals surface area contributed by atoms with Gasteiger partial charge in [0.2, 0.25) is 0 Å². The van der Waals surface area contributed by atoms with E-state index in [4.69, 9.17) is 23.7 Å². The number of hydrogen-bond donors (Lipinski definition) is 2. The van der Waals surface area contributed by atoms with Gasteiger partial charge in [-0.25, -0.2) is 9.59 Å². The number of rotatable bonds is 7. The lowest BCUT2D eigenvalue weighted by Crippen LogP contribution is -2.51. The molecule has 2 saturated heterocycles. The van der Waals surface area contributed by atoms with E-state index in [-0.39, 0.29) is 12.6 Å². The van der Waals surface area contributed by atoms with Gasteiger partial charge in [0, 0.05) is 38.2 Å². The first-order valence-electron chi connectivity index (χ1n) is 11.2. The summed E-state index contributed by atoms with van der Waals surface area (Å²) in [5.74, 6) is 0.0946. The SMILES string of the molecule is CCOC(=O)C1=C(CN2CCC3(CC2)OCCO3)NC(=O)N[C@@H]1c1ccc(OC)c(OC)c1. The van der Waals surface area contributed by atoms with Crippen molar-refractivity contribution in [3.05, 3.63) is 35.0 Å². The Bertz CT molecular complexity index is 917. The topological polar surface area (TPSA) is 108 Å². The molecule has 4 rings (SSSR count). The van der Waals surface area contributed by atoms with Crippen molar-refractivity contribution in [2.24, 2.45) is 0 Å². The van der Waals surface area contributed by atoms with Gasteiger partial charge >= 0.3 is 12.0 Å². The highest BCUT2D eigenvalue weighted by Gasteiger charge is 2.41. The molecule has 2 N–H and O–H groups in total. The van der Waals surface area contributed by atoms with Gasteiger partial charge in [0.15, 0.2) is 17.3 Å². The molecule has 3 aliphatic heterocycles. The summed E-state index contributed by atoms with van der Waals surface area (Å²) < 4.78 is 27.7. The number of amides is 2. The molecule has 33 heavy (non-hydrogen) atoms. The molecule has 2 fully saturated rings. The van der Waals surface area contributed by atoms with Crippen LogP contribution in [-0.4, -0.2) is 76.4 Å². The first-order chi connectivity index (χ1) is 16.0. The lowest BCUT2D eigenvalue weighted by Gasteiger charge is -2.39. The highest BCUT2D eigenvalue weighted by molar-refractivity contribution is 5.95. The molecular weight excluding hydrogens is 430 g/mol. The summed E-state index contributed by atoms with van der Waals surface area (Å²) in [5.41, 5.74) is 1.59. The predicted molar refractivity (Wildman–Crippen MR) is 118 cm³/mol. The monoisotopic (exact) mass is 461 g/mol. The number of likely N-dealkylation sites (tertiary alicyclic amines) is 1. The van der Waals surface area contributed by atoms with Crippen LogP contribution in [0.5, 0.6) is 11.5 Å². The summed E-state index contributed by atoms with van der Waals surface area (Å²) in [6.45, 7) is 5.07. The molecular formula is C23H31N3O7. The Morgan fingerprint density at radius 1 is 1.15 bits per heavy atom. The average Bonchev–Trinajstić information content (AvgIpc) is 3.28. The lowest BCUT2D eigenvalue weighted by atomic mass is 9.94. The average molecular weight is 462 g/mol. The van der Waals surface area contributed by atoms with Crippen LogP contribution in [-0.2, 0) is 19.0 Å². The maximum Gasteiger partial charge on any atom is 0.338 e. The molecule has 0 radical (unpaired) electrons. The van der Waals surface area contributed by atoms with Gasteiger partial charge < -0.3 is 34.3 Å². The Kier molecular flexibility index (Phi) is 7.06. The number of ether oxygens (including phenoxy) is 5. The molecule has 3 aliphatic rings. The standard InChI is InChI=1S/C23H31N3O7/c1-4-31-21(27)19-16(14-26-9-7-23(8-10-26)32-11-12-33-23)24-22(28)25-20(19)15-5-6-17(29-2)18(13-15)30-3/h5-6,13,20H,4,7-12,14H2,1-3H3,(H2,24,25,28)/t20-/m1/s1. The van der Waals surface area contributed by atoms with Crippen molar-refractivity contribution in [3.63, 3.8) is 0 Å². The van der Waals surface area contributed by atoms with Gasteiger partial charge in [0.05, 0.1) is 45.7 Å². The van der Waals surface area contributed by atoms with Crippen molar-refractivity contribution in [2.75, 3.05) is 53.7 Å². The van der Waals surface area contributed by atoms with Crippen molar-refractivity contribution < 1.29 is 33.3 Å². The molecule has 0 aliphatic carbocycles. The van der Waals surface area contributed by atoms with Gasteiger partial charge in [0.1, 0.15) is 0 Å². The Morgan fingerprint density at radius 3 is 2.48 bits per heavy atom. The molecule has 10 nitrogen and oxygen atoms in total. The zero-order chi connectivity index (χ0) is 23.4. The van der Waals surface area contributed by atoms with Crippen LogP contribution < -0.4 is 20.1 Å². The Hall–Kier alpha value is -2.82. The summed E-state index contributed by atoms with van der Waals surface area (Å²) in [7, 11) is 3.09. The predicted octanol–water partition coefficient (Wildman–Crippen LogP) is 1.71. The quantitative estimate of drug-likeness (QED) is 0.591. The molecule has 0 bridgehead atoms. The first-order valence-corrected chi connectivity index (χ1v) is 11.2. The fraction of sp³-hybridized carbons (Fsp3) is 0.565. The van der Waals surface area contributed by atoms with Gasteiger partial charge in [-0.15, -0.1) is 0 Å². The molecule has 1 spiro atoms. The van der Waals surface area contributed by atoms with E-state index < -0.39 is 17.8 Å².